The van der Waals surface area contributed by atoms with Gasteiger partial charge in [-0.25, -0.2) is 0 Å². The van der Waals surface area contributed by atoms with Gasteiger partial charge < -0.3 is 14.2 Å². The van der Waals surface area contributed by atoms with E-state index in [-0.39, 0.29) is 31.1 Å². The van der Waals surface area contributed by atoms with Gasteiger partial charge in [-0.1, -0.05) is 216 Å². The number of allylic oxidation sites excluding steroid dienone is 10. The highest BCUT2D eigenvalue weighted by Gasteiger charge is 2.19. The molecule has 0 aliphatic heterocycles. The molecule has 1 atom stereocenters. The highest BCUT2D eigenvalue weighted by atomic mass is 16.6. The highest BCUT2D eigenvalue weighted by molar-refractivity contribution is 5.71. The minimum absolute atomic E-state index is 0.0820. The normalized spacial score (nSPS) is 12.5. The van der Waals surface area contributed by atoms with E-state index in [1.54, 1.807) is 0 Å². The summed E-state index contributed by atoms with van der Waals surface area (Å²) >= 11 is 0. The van der Waals surface area contributed by atoms with Gasteiger partial charge in [-0.15, -0.1) is 0 Å². The molecule has 0 radical (unpaired) electrons. The number of carbonyl (C=O) groups is 3. The van der Waals surface area contributed by atoms with Crippen molar-refractivity contribution in [2.45, 2.75) is 245 Å². The van der Waals surface area contributed by atoms with E-state index in [2.05, 4.69) is 81.5 Å². The van der Waals surface area contributed by atoms with Crippen LogP contribution in [0.4, 0.5) is 0 Å². The smallest absolute Gasteiger partial charge is 0.306 e. The van der Waals surface area contributed by atoms with E-state index in [1.165, 1.54) is 103 Å². The van der Waals surface area contributed by atoms with Crippen LogP contribution in [0.3, 0.4) is 0 Å². The number of hydrogen-bond donors (Lipinski definition) is 0. The Bertz CT molecular complexity index is 1090. The van der Waals surface area contributed by atoms with Crippen molar-refractivity contribution in [1.29, 1.82) is 0 Å². The Kier molecular flexibility index (Phi) is 45.4. The average Bonchev–Trinajstić information content (AvgIpc) is 3.23. The standard InChI is InChI=1S/C53H92O6/c1-4-7-10-13-16-19-22-23-24-25-26-27-28-29-32-34-37-40-43-46-52(55)58-49-50(59-53(56)47-44-41-38-35-31-21-18-15-12-9-6-3)48-57-51(54)45-42-39-36-33-30-20-17-14-11-8-5-2/h7,10,16,19,23-24,26-27,29,32,50H,4-6,8-9,11-15,17-18,20-22,25,28,30-31,33-49H2,1-3H3/b10-7-,19-16-,24-23-,27-26-,32-29-/t50-/m1/s1. The van der Waals surface area contributed by atoms with E-state index in [9.17, 15) is 14.4 Å². The molecule has 6 heteroatoms. The molecule has 0 aromatic heterocycles. The number of hydrogen-bond acceptors (Lipinski definition) is 6. The summed E-state index contributed by atoms with van der Waals surface area (Å²) in [7, 11) is 0. The number of rotatable bonds is 44. The molecule has 0 aromatic rings. The SMILES string of the molecule is CC/C=C\C/C=C\C/C=C\C/C=C\C/C=C\CCCCCC(=O)OC[C@@H](COC(=O)CCCCCCCCCCCCC)OC(=O)CCCCCCCCCCCCC. The van der Waals surface area contributed by atoms with Gasteiger partial charge in [-0.3, -0.25) is 14.4 Å². The van der Waals surface area contributed by atoms with E-state index >= 15 is 0 Å². The van der Waals surface area contributed by atoms with Crippen LogP contribution >= 0.6 is 0 Å². The van der Waals surface area contributed by atoms with Crippen LogP contribution in [-0.4, -0.2) is 37.2 Å². The molecule has 340 valence electrons. The Balaban J connectivity index is 4.39. The summed E-state index contributed by atoms with van der Waals surface area (Å²) in [4.78, 5) is 37.8. The molecule has 0 spiro atoms. The van der Waals surface area contributed by atoms with Crippen molar-refractivity contribution in [3.05, 3.63) is 60.8 Å². The first kappa shape index (κ1) is 56.1. The first-order chi connectivity index (χ1) is 29.0. The predicted molar refractivity (Wildman–Crippen MR) is 251 cm³/mol. The minimum atomic E-state index is -0.782. The van der Waals surface area contributed by atoms with Crippen molar-refractivity contribution in [2.24, 2.45) is 0 Å². The summed E-state index contributed by atoms with van der Waals surface area (Å²) in [6.45, 7) is 6.48. The number of esters is 3. The molecule has 0 aliphatic rings. The van der Waals surface area contributed by atoms with Gasteiger partial charge in [0.15, 0.2) is 6.10 Å². The van der Waals surface area contributed by atoms with E-state index in [4.69, 9.17) is 14.2 Å². The quantitative estimate of drug-likeness (QED) is 0.0263. The molecule has 0 bridgehead atoms. The van der Waals surface area contributed by atoms with Crippen molar-refractivity contribution < 1.29 is 28.6 Å². The van der Waals surface area contributed by atoms with Gasteiger partial charge in [0.2, 0.25) is 0 Å². The molecular weight excluding hydrogens is 733 g/mol. The molecule has 59 heavy (non-hydrogen) atoms. The van der Waals surface area contributed by atoms with Crippen LogP contribution < -0.4 is 0 Å². The average molecular weight is 825 g/mol. The summed E-state index contributed by atoms with van der Waals surface area (Å²) in [5.41, 5.74) is 0. The first-order valence-corrected chi connectivity index (χ1v) is 24.8. The van der Waals surface area contributed by atoms with E-state index in [0.717, 1.165) is 96.3 Å². The molecule has 0 saturated heterocycles. The van der Waals surface area contributed by atoms with Crippen LogP contribution in [0.15, 0.2) is 60.8 Å². The Morgan fingerprint density at radius 3 is 1.03 bits per heavy atom. The van der Waals surface area contributed by atoms with Crippen LogP contribution in [0.25, 0.3) is 0 Å². The van der Waals surface area contributed by atoms with Gasteiger partial charge in [0.25, 0.3) is 0 Å². The minimum Gasteiger partial charge on any atom is -0.462 e. The molecular formula is C53H92O6. The lowest BCUT2D eigenvalue weighted by Crippen LogP contribution is -2.30. The van der Waals surface area contributed by atoms with Crippen molar-refractivity contribution >= 4 is 17.9 Å². The highest BCUT2D eigenvalue weighted by Crippen LogP contribution is 2.15. The Hall–Kier alpha value is -2.89. The molecule has 0 heterocycles. The van der Waals surface area contributed by atoms with Gasteiger partial charge >= 0.3 is 17.9 Å². The second-order valence-corrected chi connectivity index (χ2v) is 16.4. The third-order valence-corrected chi connectivity index (χ3v) is 10.5. The first-order valence-electron chi connectivity index (χ1n) is 24.8. The molecule has 6 nitrogen and oxygen atoms in total. The van der Waals surface area contributed by atoms with Crippen molar-refractivity contribution in [1.82, 2.24) is 0 Å². The topological polar surface area (TPSA) is 78.9 Å². The van der Waals surface area contributed by atoms with Crippen molar-refractivity contribution in [3.63, 3.8) is 0 Å². The van der Waals surface area contributed by atoms with Crippen LogP contribution in [0, 0.1) is 0 Å². The van der Waals surface area contributed by atoms with Gasteiger partial charge in [0.1, 0.15) is 13.2 Å². The zero-order valence-electron chi connectivity index (χ0n) is 38.8. The van der Waals surface area contributed by atoms with E-state index < -0.39 is 6.10 Å². The maximum atomic E-state index is 12.7. The van der Waals surface area contributed by atoms with Crippen LogP contribution in [0.2, 0.25) is 0 Å². The molecule has 0 aliphatic carbocycles. The molecule has 0 aromatic carbocycles. The Morgan fingerprint density at radius 2 is 0.661 bits per heavy atom. The van der Waals surface area contributed by atoms with Crippen LogP contribution in [-0.2, 0) is 28.6 Å². The number of unbranched alkanes of at least 4 members (excludes halogenated alkanes) is 23. The largest absolute Gasteiger partial charge is 0.462 e. The third kappa shape index (κ3) is 46.0. The van der Waals surface area contributed by atoms with E-state index in [1.807, 2.05) is 0 Å². The summed E-state index contributed by atoms with van der Waals surface area (Å²) in [5, 5.41) is 0. The maximum absolute atomic E-state index is 12.7. The zero-order chi connectivity index (χ0) is 43.0. The number of ether oxygens (including phenoxy) is 3. The molecule has 0 saturated carbocycles. The van der Waals surface area contributed by atoms with Gasteiger partial charge in [-0.2, -0.15) is 0 Å². The predicted octanol–water partition coefficient (Wildman–Crippen LogP) is 16.1. The molecule has 0 unspecified atom stereocenters. The zero-order valence-corrected chi connectivity index (χ0v) is 38.8. The fourth-order valence-corrected chi connectivity index (χ4v) is 6.82. The van der Waals surface area contributed by atoms with Gasteiger partial charge in [-0.05, 0) is 64.2 Å². The lowest BCUT2D eigenvalue weighted by molar-refractivity contribution is -0.167. The van der Waals surface area contributed by atoms with Gasteiger partial charge in [0, 0.05) is 19.3 Å². The molecule has 0 rings (SSSR count). The molecule has 0 amide bonds. The Morgan fingerprint density at radius 1 is 0.356 bits per heavy atom. The fourth-order valence-electron chi connectivity index (χ4n) is 6.82. The summed E-state index contributed by atoms with van der Waals surface area (Å²) < 4.78 is 16.7. The molecule has 0 fully saturated rings. The maximum Gasteiger partial charge on any atom is 0.306 e. The lowest BCUT2D eigenvalue weighted by atomic mass is 10.1. The lowest BCUT2D eigenvalue weighted by Gasteiger charge is -2.18. The summed E-state index contributed by atoms with van der Waals surface area (Å²) in [5.74, 6) is -0.914. The second-order valence-electron chi connectivity index (χ2n) is 16.4. The number of carbonyl (C=O) groups excluding carboxylic acids is 3. The van der Waals surface area contributed by atoms with Crippen molar-refractivity contribution in [3.8, 4) is 0 Å². The third-order valence-electron chi connectivity index (χ3n) is 10.5. The second kappa shape index (κ2) is 47.8. The Labute approximate surface area is 364 Å². The van der Waals surface area contributed by atoms with Crippen molar-refractivity contribution in [2.75, 3.05) is 13.2 Å². The van der Waals surface area contributed by atoms with Crippen LogP contribution in [0.1, 0.15) is 239 Å². The van der Waals surface area contributed by atoms with Gasteiger partial charge in [0.05, 0.1) is 0 Å². The molecule has 0 N–H and O–H groups in total. The van der Waals surface area contributed by atoms with E-state index in [0.29, 0.717) is 19.3 Å². The monoisotopic (exact) mass is 825 g/mol. The summed E-state index contributed by atoms with van der Waals surface area (Å²) in [6.07, 6.45) is 57.7. The fraction of sp³-hybridized carbons (Fsp3) is 0.755. The van der Waals surface area contributed by atoms with Crippen LogP contribution in [0.5, 0.6) is 0 Å². The summed E-state index contributed by atoms with van der Waals surface area (Å²) in [6, 6.07) is 0.